The van der Waals surface area contributed by atoms with Gasteiger partial charge >= 0.3 is 6.18 Å². The zero-order valence-electron chi connectivity index (χ0n) is 13.5. The van der Waals surface area contributed by atoms with Gasteiger partial charge in [-0.2, -0.15) is 18.2 Å². The Balaban J connectivity index is 1.72. The van der Waals surface area contributed by atoms with Gasteiger partial charge in [-0.15, -0.1) is 0 Å². The molecule has 0 aliphatic rings. The van der Waals surface area contributed by atoms with Crippen LogP contribution in [-0.4, -0.2) is 21.0 Å². The van der Waals surface area contributed by atoms with Gasteiger partial charge in [0.25, 0.3) is 11.8 Å². The van der Waals surface area contributed by atoms with Crippen LogP contribution in [0, 0.1) is 5.82 Å². The van der Waals surface area contributed by atoms with E-state index >= 15 is 0 Å². The lowest BCUT2D eigenvalue weighted by molar-refractivity contribution is -0.137. The maximum absolute atomic E-state index is 14.0. The van der Waals surface area contributed by atoms with Gasteiger partial charge in [0.05, 0.1) is 27.7 Å². The Morgan fingerprint density at radius 1 is 1.21 bits per heavy atom. The van der Waals surface area contributed by atoms with Gasteiger partial charge in [-0.05, 0) is 24.3 Å². The lowest BCUT2D eigenvalue weighted by atomic mass is 10.1. The van der Waals surface area contributed by atoms with Crippen molar-refractivity contribution in [1.82, 2.24) is 20.4 Å². The van der Waals surface area contributed by atoms with Gasteiger partial charge in [0.1, 0.15) is 11.5 Å². The Labute approximate surface area is 164 Å². The predicted molar refractivity (Wildman–Crippen MR) is 90.1 cm³/mol. The molecular formula is C16H8Cl2F4N4O2. The molecule has 0 bridgehead atoms. The number of rotatable bonds is 4. The summed E-state index contributed by atoms with van der Waals surface area (Å²) in [4.78, 5) is 19.7. The van der Waals surface area contributed by atoms with Crippen LogP contribution in [-0.2, 0) is 12.7 Å². The number of nitrogens with zero attached hydrogens (tertiary/aromatic N) is 3. The Bertz CT molecular complexity index is 1040. The number of halogens is 6. The molecule has 0 unspecified atom stereocenters. The van der Waals surface area contributed by atoms with E-state index in [2.05, 4.69) is 20.4 Å². The molecular weight excluding hydrogens is 427 g/mol. The molecule has 3 aromatic rings. The van der Waals surface area contributed by atoms with Gasteiger partial charge in [0, 0.05) is 6.20 Å². The largest absolute Gasteiger partial charge is 0.416 e. The number of carbonyl (C=O) groups excluding carboxylic acids is 1. The summed E-state index contributed by atoms with van der Waals surface area (Å²) < 4.78 is 56.6. The molecule has 28 heavy (non-hydrogen) atoms. The van der Waals surface area contributed by atoms with E-state index < -0.39 is 23.5 Å². The van der Waals surface area contributed by atoms with Gasteiger partial charge in [-0.3, -0.25) is 4.79 Å². The fraction of sp³-hybridized carbons (Fsp3) is 0.125. The molecule has 146 valence electrons. The normalized spacial score (nSPS) is 11.5. The molecule has 12 heteroatoms. The molecule has 0 saturated heterocycles. The lowest BCUT2D eigenvalue weighted by Gasteiger charge is -2.07. The number of carbonyl (C=O) groups is 1. The Kier molecular flexibility index (Phi) is 5.52. The third-order valence-electron chi connectivity index (χ3n) is 3.42. The Hall–Kier alpha value is -2.72. The molecule has 0 saturated carbocycles. The van der Waals surface area contributed by atoms with E-state index in [-0.39, 0.29) is 39.6 Å². The van der Waals surface area contributed by atoms with E-state index in [1.54, 1.807) is 0 Å². The van der Waals surface area contributed by atoms with Gasteiger partial charge in [-0.25, -0.2) is 9.37 Å². The van der Waals surface area contributed by atoms with Crippen molar-refractivity contribution in [3.63, 3.8) is 0 Å². The Morgan fingerprint density at radius 2 is 1.96 bits per heavy atom. The number of nitrogens with one attached hydrogen (secondary N) is 1. The molecule has 1 N–H and O–H groups in total. The van der Waals surface area contributed by atoms with Gasteiger partial charge in [-0.1, -0.05) is 28.4 Å². The summed E-state index contributed by atoms with van der Waals surface area (Å²) in [6.07, 6.45) is -3.44. The van der Waals surface area contributed by atoms with E-state index in [0.717, 1.165) is 6.07 Å². The highest BCUT2D eigenvalue weighted by Crippen LogP contribution is 2.32. The minimum absolute atomic E-state index is 0.0330. The first-order valence-corrected chi connectivity index (χ1v) is 8.19. The average Bonchev–Trinajstić information content (AvgIpc) is 3.07. The first-order valence-electron chi connectivity index (χ1n) is 7.44. The molecule has 1 aromatic carbocycles. The fourth-order valence-corrected chi connectivity index (χ4v) is 2.59. The number of pyridine rings is 1. The van der Waals surface area contributed by atoms with E-state index in [1.165, 1.54) is 12.3 Å². The second kappa shape index (κ2) is 7.72. The van der Waals surface area contributed by atoms with Crippen LogP contribution >= 0.6 is 23.2 Å². The number of alkyl halides is 3. The zero-order chi connectivity index (χ0) is 20.5. The quantitative estimate of drug-likeness (QED) is 0.610. The van der Waals surface area contributed by atoms with Crippen LogP contribution in [0.1, 0.15) is 21.9 Å². The smallest absolute Gasteiger partial charge is 0.343 e. The molecule has 2 heterocycles. The molecule has 1 amide bonds. The Morgan fingerprint density at radius 3 is 2.61 bits per heavy atom. The van der Waals surface area contributed by atoms with Gasteiger partial charge in [0.15, 0.2) is 5.82 Å². The first-order chi connectivity index (χ1) is 13.1. The number of benzene rings is 1. The molecule has 2 aromatic heterocycles. The number of hydrogen-bond donors (Lipinski definition) is 1. The van der Waals surface area contributed by atoms with E-state index in [4.69, 9.17) is 27.7 Å². The minimum atomic E-state index is -4.68. The van der Waals surface area contributed by atoms with E-state index in [1.807, 2.05) is 0 Å². The predicted octanol–water partition coefficient (Wildman–Crippen LogP) is 4.53. The molecule has 0 fully saturated rings. The van der Waals surface area contributed by atoms with Crippen LogP contribution in [0.2, 0.25) is 10.0 Å². The SMILES string of the molecule is O=C(NCc1noc(-c2ccc(C(F)(F)F)cc2F)n1)c1ncc(Cl)cc1Cl. The third kappa shape index (κ3) is 4.39. The standard InChI is InChI=1S/C16H8Cl2F4N4O2/c17-8-4-10(18)13(23-5-8)14(27)24-6-12-25-15(28-26-12)9-2-1-7(3-11(9)19)16(20,21)22/h1-5H,6H2,(H,24,27). The highest BCUT2D eigenvalue weighted by atomic mass is 35.5. The summed E-state index contributed by atoms with van der Waals surface area (Å²) in [6, 6.07) is 3.24. The van der Waals surface area contributed by atoms with E-state index in [0.29, 0.717) is 12.1 Å². The molecule has 0 aliphatic heterocycles. The number of amides is 1. The second-order valence-corrected chi connectivity index (χ2v) is 6.22. The van der Waals surface area contributed by atoms with Crippen molar-refractivity contribution in [2.45, 2.75) is 12.7 Å². The van der Waals surface area contributed by atoms with Gasteiger partial charge < -0.3 is 9.84 Å². The number of aromatic nitrogens is 3. The van der Waals surface area contributed by atoms with Crippen LogP contribution < -0.4 is 5.32 Å². The average molecular weight is 435 g/mol. The van der Waals surface area contributed by atoms with E-state index in [9.17, 15) is 22.4 Å². The van der Waals surface area contributed by atoms with Crippen LogP contribution in [0.3, 0.4) is 0 Å². The topological polar surface area (TPSA) is 80.9 Å². The zero-order valence-corrected chi connectivity index (χ0v) is 15.0. The highest BCUT2D eigenvalue weighted by Gasteiger charge is 2.31. The van der Waals surface area contributed by atoms with Crippen LogP contribution in [0.25, 0.3) is 11.5 Å². The van der Waals surface area contributed by atoms with Crippen molar-refractivity contribution < 1.29 is 26.9 Å². The van der Waals surface area contributed by atoms with Crippen molar-refractivity contribution in [1.29, 1.82) is 0 Å². The molecule has 3 rings (SSSR count). The first kappa shape index (κ1) is 20.0. The summed E-state index contributed by atoms with van der Waals surface area (Å²) in [5.41, 5.74) is -1.53. The van der Waals surface area contributed by atoms with Crippen molar-refractivity contribution in [3.8, 4) is 11.5 Å². The lowest BCUT2D eigenvalue weighted by Crippen LogP contribution is -2.24. The molecule has 0 aliphatic carbocycles. The van der Waals surface area contributed by atoms with Crippen molar-refractivity contribution in [2.24, 2.45) is 0 Å². The molecule has 0 atom stereocenters. The minimum Gasteiger partial charge on any atom is -0.343 e. The fourth-order valence-electron chi connectivity index (χ4n) is 2.12. The van der Waals surface area contributed by atoms with Crippen molar-refractivity contribution in [2.75, 3.05) is 0 Å². The second-order valence-electron chi connectivity index (χ2n) is 5.37. The monoisotopic (exact) mass is 434 g/mol. The van der Waals surface area contributed by atoms with Crippen molar-refractivity contribution >= 4 is 29.1 Å². The maximum Gasteiger partial charge on any atom is 0.416 e. The van der Waals surface area contributed by atoms with Crippen LogP contribution in [0.5, 0.6) is 0 Å². The summed E-state index contributed by atoms with van der Waals surface area (Å²) in [6.45, 7) is -0.217. The summed E-state index contributed by atoms with van der Waals surface area (Å²) in [5.74, 6) is -2.19. The third-order valence-corrected chi connectivity index (χ3v) is 3.92. The maximum atomic E-state index is 14.0. The summed E-state index contributed by atoms with van der Waals surface area (Å²) in [7, 11) is 0. The van der Waals surface area contributed by atoms with Gasteiger partial charge in [0.2, 0.25) is 0 Å². The summed E-state index contributed by atoms with van der Waals surface area (Å²) in [5, 5.41) is 6.26. The molecule has 6 nitrogen and oxygen atoms in total. The molecule has 0 radical (unpaired) electrons. The van der Waals surface area contributed by atoms with Crippen molar-refractivity contribution in [3.05, 3.63) is 63.4 Å². The summed E-state index contributed by atoms with van der Waals surface area (Å²) >= 11 is 11.6. The van der Waals surface area contributed by atoms with Crippen LogP contribution in [0.15, 0.2) is 35.0 Å². The van der Waals surface area contributed by atoms with Crippen LogP contribution in [0.4, 0.5) is 17.6 Å². The highest BCUT2D eigenvalue weighted by molar-refractivity contribution is 6.36. The number of hydrogen-bond acceptors (Lipinski definition) is 5. The molecule has 0 spiro atoms.